The number of aliphatic carboxylic acids is 1. The highest BCUT2D eigenvalue weighted by Gasteiger charge is 2.40. The Labute approximate surface area is 108 Å². The van der Waals surface area contributed by atoms with Crippen LogP contribution in [-0.4, -0.2) is 42.2 Å². The molecule has 104 valence electrons. The normalized spacial score (nSPS) is 25.4. The highest BCUT2D eigenvalue weighted by molar-refractivity contribution is 5.73. The summed E-state index contributed by atoms with van der Waals surface area (Å²) >= 11 is 0. The summed E-state index contributed by atoms with van der Waals surface area (Å²) in [5.41, 5.74) is 0. The predicted octanol–water partition coefficient (Wildman–Crippen LogP) is 1.51. The van der Waals surface area contributed by atoms with Gasteiger partial charge in [0.15, 0.2) is 5.79 Å². The Morgan fingerprint density at radius 3 is 2.50 bits per heavy atom. The second-order valence-electron chi connectivity index (χ2n) is 5.23. The van der Waals surface area contributed by atoms with Crippen LogP contribution in [0.25, 0.3) is 0 Å². The zero-order valence-corrected chi connectivity index (χ0v) is 11.0. The van der Waals surface area contributed by atoms with Crippen molar-refractivity contribution in [1.29, 1.82) is 0 Å². The van der Waals surface area contributed by atoms with Crippen LogP contribution in [0.2, 0.25) is 0 Å². The lowest BCUT2D eigenvalue weighted by Crippen LogP contribution is -2.48. The second kappa shape index (κ2) is 5.99. The van der Waals surface area contributed by atoms with Crippen molar-refractivity contribution in [2.45, 2.75) is 63.3 Å². The third kappa shape index (κ3) is 3.22. The van der Waals surface area contributed by atoms with E-state index in [4.69, 9.17) is 14.6 Å². The van der Waals surface area contributed by atoms with E-state index in [9.17, 15) is 4.79 Å². The lowest BCUT2D eigenvalue weighted by atomic mass is 9.89. The van der Waals surface area contributed by atoms with Crippen molar-refractivity contribution in [3.63, 3.8) is 0 Å². The molecule has 1 aliphatic heterocycles. The molecule has 1 aliphatic carbocycles. The monoisotopic (exact) mass is 257 g/mol. The summed E-state index contributed by atoms with van der Waals surface area (Å²) in [6.07, 6.45) is 5.14. The van der Waals surface area contributed by atoms with Crippen molar-refractivity contribution >= 4 is 5.97 Å². The van der Waals surface area contributed by atoms with Gasteiger partial charge in [0.05, 0.1) is 13.2 Å². The Balaban J connectivity index is 1.80. The maximum Gasteiger partial charge on any atom is 0.320 e. The maximum atomic E-state index is 11.1. The standard InChI is InChI=1S/C13H23NO4/c1-2-3-11(12(15)16)14-10-4-6-13(7-5-10)17-8-9-18-13/h10-11,14H,2-9H2,1H3,(H,15,16). The van der Waals surface area contributed by atoms with E-state index in [0.29, 0.717) is 19.6 Å². The van der Waals surface area contributed by atoms with Gasteiger partial charge in [-0.05, 0) is 19.3 Å². The molecule has 18 heavy (non-hydrogen) atoms. The lowest BCUT2D eigenvalue weighted by molar-refractivity contribution is -0.180. The fourth-order valence-corrected chi connectivity index (χ4v) is 2.86. The molecule has 1 heterocycles. The first-order valence-electron chi connectivity index (χ1n) is 6.92. The van der Waals surface area contributed by atoms with Crippen LogP contribution in [0, 0.1) is 0 Å². The van der Waals surface area contributed by atoms with Gasteiger partial charge in [0.1, 0.15) is 6.04 Å². The molecule has 2 rings (SSSR count). The summed E-state index contributed by atoms with van der Waals surface area (Å²) in [7, 11) is 0. The summed E-state index contributed by atoms with van der Waals surface area (Å²) < 4.78 is 11.3. The zero-order chi connectivity index (χ0) is 13.0. The Hall–Kier alpha value is -0.650. The van der Waals surface area contributed by atoms with Gasteiger partial charge in [0, 0.05) is 18.9 Å². The summed E-state index contributed by atoms with van der Waals surface area (Å²) in [6, 6.07) is -0.143. The van der Waals surface area contributed by atoms with E-state index in [1.807, 2.05) is 6.92 Å². The number of carboxylic acid groups (broad SMARTS) is 1. The van der Waals surface area contributed by atoms with Crippen LogP contribution in [0.1, 0.15) is 45.4 Å². The fraction of sp³-hybridized carbons (Fsp3) is 0.923. The van der Waals surface area contributed by atoms with Crippen LogP contribution < -0.4 is 5.32 Å². The topological polar surface area (TPSA) is 67.8 Å². The van der Waals surface area contributed by atoms with Crippen molar-refractivity contribution in [3.8, 4) is 0 Å². The van der Waals surface area contributed by atoms with Crippen molar-refractivity contribution in [2.75, 3.05) is 13.2 Å². The van der Waals surface area contributed by atoms with Crippen molar-refractivity contribution in [3.05, 3.63) is 0 Å². The average Bonchev–Trinajstić information content (AvgIpc) is 2.80. The highest BCUT2D eigenvalue weighted by Crippen LogP contribution is 2.35. The van der Waals surface area contributed by atoms with Crippen LogP contribution in [0.4, 0.5) is 0 Å². The molecule has 0 radical (unpaired) electrons. The van der Waals surface area contributed by atoms with Crippen molar-refractivity contribution in [2.24, 2.45) is 0 Å². The third-order valence-electron chi connectivity index (χ3n) is 3.87. The number of hydrogen-bond acceptors (Lipinski definition) is 4. The molecular weight excluding hydrogens is 234 g/mol. The van der Waals surface area contributed by atoms with E-state index in [1.165, 1.54) is 0 Å². The molecule has 1 saturated heterocycles. The molecule has 2 aliphatic rings. The van der Waals surface area contributed by atoms with E-state index >= 15 is 0 Å². The molecule has 5 heteroatoms. The second-order valence-corrected chi connectivity index (χ2v) is 5.23. The summed E-state index contributed by atoms with van der Waals surface area (Å²) in [5, 5.41) is 12.4. The minimum atomic E-state index is -0.745. The molecule has 1 atom stereocenters. The predicted molar refractivity (Wildman–Crippen MR) is 66.4 cm³/mol. The summed E-state index contributed by atoms with van der Waals surface area (Å²) in [4.78, 5) is 11.1. The Kier molecular flexibility index (Phi) is 4.59. The SMILES string of the molecule is CCCC(NC1CCC2(CC1)OCCO2)C(=O)O. The van der Waals surface area contributed by atoms with E-state index in [2.05, 4.69) is 5.32 Å². The fourth-order valence-electron chi connectivity index (χ4n) is 2.86. The number of hydrogen-bond donors (Lipinski definition) is 2. The third-order valence-corrected chi connectivity index (χ3v) is 3.87. The van der Waals surface area contributed by atoms with Crippen LogP contribution in [0.5, 0.6) is 0 Å². The molecule has 0 aromatic rings. The van der Waals surface area contributed by atoms with E-state index < -0.39 is 12.0 Å². The summed E-state index contributed by atoms with van der Waals surface area (Å²) in [5.74, 6) is -1.10. The van der Waals surface area contributed by atoms with Crippen molar-refractivity contribution < 1.29 is 19.4 Å². The molecule has 5 nitrogen and oxygen atoms in total. The van der Waals surface area contributed by atoms with E-state index in [0.717, 1.165) is 32.1 Å². The molecule has 2 fully saturated rings. The molecule has 1 spiro atoms. The van der Waals surface area contributed by atoms with Gasteiger partial charge in [-0.2, -0.15) is 0 Å². The molecule has 2 N–H and O–H groups in total. The molecule has 0 bridgehead atoms. The van der Waals surface area contributed by atoms with Gasteiger partial charge in [-0.15, -0.1) is 0 Å². The smallest absolute Gasteiger partial charge is 0.320 e. The van der Waals surface area contributed by atoms with E-state index in [-0.39, 0.29) is 11.8 Å². The Morgan fingerprint density at radius 1 is 1.39 bits per heavy atom. The number of rotatable bonds is 5. The van der Waals surface area contributed by atoms with Gasteiger partial charge in [-0.25, -0.2) is 0 Å². The van der Waals surface area contributed by atoms with Crippen LogP contribution in [0.3, 0.4) is 0 Å². The van der Waals surface area contributed by atoms with Crippen molar-refractivity contribution in [1.82, 2.24) is 5.32 Å². The molecule has 1 unspecified atom stereocenters. The summed E-state index contributed by atoms with van der Waals surface area (Å²) in [6.45, 7) is 3.38. The average molecular weight is 257 g/mol. The van der Waals surface area contributed by atoms with Crippen LogP contribution in [0.15, 0.2) is 0 Å². The van der Waals surface area contributed by atoms with Gasteiger partial charge in [0.2, 0.25) is 0 Å². The molecule has 0 amide bonds. The van der Waals surface area contributed by atoms with Gasteiger partial charge >= 0.3 is 5.97 Å². The van der Waals surface area contributed by atoms with Gasteiger partial charge in [-0.3, -0.25) is 4.79 Å². The van der Waals surface area contributed by atoms with Crippen LogP contribution in [-0.2, 0) is 14.3 Å². The Bertz CT molecular complexity index is 279. The highest BCUT2D eigenvalue weighted by atomic mass is 16.7. The van der Waals surface area contributed by atoms with Gasteiger partial charge < -0.3 is 19.9 Å². The number of carbonyl (C=O) groups is 1. The maximum absolute atomic E-state index is 11.1. The van der Waals surface area contributed by atoms with Gasteiger partial charge in [0.25, 0.3) is 0 Å². The molecule has 0 aromatic carbocycles. The van der Waals surface area contributed by atoms with Gasteiger partial charge in [-0.1, -0.05) is 13.3 Å². The molecule has 0 aromatic heterocycles. The van der Waals surface area contributed by atoms with E-state index in [1.54, 1.807) is 0 Å². The molecular formula is C13H23NO4. The quantitative estimate of drug-likeness (QED) is 0.781. The number of nitrogens with one attached hydrogen (secondary N) is 1. The zero-order valence-electron chi connectivity index (χ0n) is 11.0. The number of ether oxygens (including phenoxy) is 2. The largest absolute Gasteiger partial charge is 0.480 e. The minimum absolute atomic E-state index is 0.274. The van der Waals surface area contributed by atoms with Crippen LogP contribution >= 0.6 is 0 Å². The lowest BCUT2D eigenvalue weighted by Gasteiger charge is -2.36. The number of carboxylic acids is 1. The molecule has 1 saturated carbocycles. The first kappa shape index (κ1) is 13.8. The minimum Gasteiger partial charge on any atom is -0.480 e. The Morgan fingerprint density at radius 2 is 2.00 bits per heavy atom. The first-order chi connectivity index (χ1) is 8.65. The first-order valence-corrected chi connectivity index (χ1v) is 6.92.